The Bertz CT molecular complexity index is 1380. The quantitative estimate of drug-likeness (QED) is 0.0874. The molecule has 1 aliphatic carbocycles. The van der Waals surface area contributed by atoms with Crippen LogP contribution in [0.4, 0.5) is 23.2 Å². The predicted molar refractivity (Wildman–Crippen MR) is 172 cm³/mol. The molecule has 0 bridgehead atoms. The van der Waals surface area contributed by atoms with E-state index in [0.29, 0.717) is 24.1 Å². The van der Waals surface area contributed by atoms with E-state index in [9.17, 15) is 22.4 Å². The fourth-order valence-electron chi connectivity index (χ4n) is 4.64. The average Bonchev–Trinajstić information content (AvgIpc) is 3.87. The normalized spacial score (nSPS) is 14.8. The van der Waals surface area contributed by atoms with E-state index in [2.05, 4.69) is 17.4 Å². The molecule has 0 spiro atoms. The maximum atomic E-state index is 13.6. The maximum absolute atomic E-state index is 13.6. The van der Waals surface area contributed by atoms with E-state index < -0.39 is 17.3 Å². The number of halogens is 4. The molecule has 3 aromatic carbocycles. The standard InChI is InChI=1S/C19H22FN.C15H17F3N2O.C2H6/c1-14-13-17(9-10-18(14)20)19(21,12-11-15-7-8-15)16-5-3-2-4-6-16;1-2-4-12(15(16,17)18)8-14(10-21)20-13-6-3-5-11(7-13)9-19;1-2/h2-6,9-10,13,15H,7-8,11-12,21H2,1H3;3-8,10,20H,2,9,19H2,1H3;1-2H3/b;12-4-,14-8-;. The van der Waals surface area contributed by atoms with Crippen LogP contribution in [-0.4, -0.2) is 12.5 Å². The van der Waals surface area contributed by atoms with Gasteiger partial charge in [0, 0.05) is 12.2 Å². The Labute approximate surface area is 259 Å². The van der Waals surface area contributed by atoms with Gasteiger partial charge in [-0.2, -0.15) is 13.2 Å². The Morgan fingerprint density at radius 3 is 2.20 bits per heavy atom. The van der Waals surface area contributed by atoms with Crippen LogP contribution in [0, 0.1) is 18.7 Å². The van der Waals surface area contributed by atoms with Crippen LogP contribution in [-0.2, 0) is 16.9 Å². The van der Waals surface area contributed by atoms with Crippen molar-refractivity contribution in [3.63, 3.8) is 0 Å². The number of alkyl halides is 3. The average molecular weight is 612 g/mol. The first-order valence-corrected chi connectivity index (χ1v) is 15.1. The third-order valence-electron chi connectivity index (χ3n) is 7.25. The van der Waals surface area contributed by atoms with Gasteiger partial charge in [-0.3, -0.25) is 4.79 Å². The van der Waals surface area contributed by atoms with E-state index in [0.717, 1.165) is 47.6 Å². The number of allylic oxidation sites excluding steroid dienone is 4. The molecule has 5 N–H and O–H groups in total. The molecule has 3 aromatic rings. The summed E-state index contributed by atoms with van der Waals surface area (Å²) >= 11 is 0. The number of carbonyl (C=O) groups excluding carboxylic acids is 1. The molecule has 44 heavy (non-hydrogen) atoms. The van der Waals surface area contributed by atoms with Crippen molar-refractivity contribution in [1.82, 2.24) is 0 Å². The summed E-state index contributed by atoms with van der Waals surface area (Å²) in [7, 11) is 0. The van der Waals surface area contributed by atoms with Crippen molar-refractivity contribution in [2.24, 2.45) is 17.4 Å². The molecule has 1 fully saturated rings. The van der Waals surface area contributed by atoms with E-state index in [4.69, 9.17) is 11.5 Å². The van der Waals surface area contributed by atoms with Crippen LogP contribution in [0.5, 0.6) is 0 Å². The summed E-state index contributed by atoms with van der Waals surface area (Å²) in [6.07, 6.45) is 2.61. The third kappa shape index (κ3) is 11.1. The fraction of sp³-hybridized carbons (Fsp3) is 0.361. The van der Waals surface area contributed by atoms with Gasteiger partial charge in [0.25, 0.3) is 0 Å². The second-order valence-corrected chi connectivity index (χ2v) is 10.6. The lowest BCUT2D eigenvalue weighted by atomic mass is 9.79. The highest BCUT2D eigenvalue weighted by Gasteiger charge is 2.33. The Balaban J connectivity index is 0.000000291. The molecule has 1 atom stereocenters. The van der Waals surface area contributed by atoms with Crippen LogP contribution < -0.4 is 16.8 Å². The molecule has 1 saturated carbocycles. The van der Waals surface area contributed by atoms with Crippen LogP contribution in [0.1, 0.15) is 75.1 Å². The van der Waals surface area contributed by atoms with Gasteiger partial charge < -0.3 is 16.8 Å². The molecule has 0 aliphatic heterocycles. The van der Waals surface area contributed by atoms with Crippen molar-refractivity contribution >= 4 is 12.0 Å². The number of hydrogen-bond donors (Lipinski definition) is 3. The van der Waals surface area contributed by atoms with Crippen LogP contribution in [0.15, 0.2) is 96.2 Å². The molecule has 0 aromatic heterocycles. The van der Waals surface area contributed by atoms with E-state index in [1.165, 1.54) is 18.9 Å². The number of aldehydes is 1. The van der Waals surface area contributed by atoms with Gasteiger partial charge in [0.1, 0.15) is 5.82 Å². The lowest BCUT2D eigenvalue weighted by Gasteiger charge is -2.31. The lowest BCUT2D eigenvalue weighted by Crippen LogP contribution is -2.38. The van der Waals surface area contributed by atoms with Crippen LogP contribution in [0.2, 0.25) is 0 Å². The van der Waals surface area contributed by atoms with Crippen molar-refractivity contribution in [2.45, 2.75) is 78.1 Å². The molecule has 4 rings (SSSR count). The second kappa shape index (κ2) is 17.5. The summed E-state index contributed by atoms with van der Waals surface area (Å²) in [5.41, 5.74) is 14.9. The first-order valence-electron chi connectivity index (χ1n) is 15.1. The van der Waals surface area contributed by atoms with Gasteiger partial charge in [0.2, 0.25) is 0 Å². The summed E-state index contributed by atoms with van der Waals surface area (Å²) in [6.45, 7) is 7.70. The number of hydrogen-bond acceptors (Lipinski definition) is 4. The molecule has 0 amide bonds. The molecule has 0 heterocycles. The molecule has 238 valence electrons. The van der Waals surface area contributed by atoms with Gasteiger partial charge in [-0.25, -0.2) is 4.39 Å². The van der Waals surface area contributed by atoms with Crippen LogP contribution in [0.3, 0.4) is 0 Å². The molecule has 0 radical (unpaired) electrons. The zero-order chi connectivity index (χ0) is 32.8. The zero-order valence-corrected chi connectivity index (χ0v) is 26.1. The van der Waals surface area contributed by atoms with Gasteiger partial charge in [-0.05, 0) is 78.6 Å². The summed E-state index contributed by atoms with van der Waals surface area (Å²) in [5, 5.41) is 2.66. The maximum Gasteiger partial charge on any atom is 0.416 e. The minimum atomic E-state index is -4.49. The van der Waals surface area contributed by atoms with Crippen LogP contribution >= 0.6 is 0 Å². The number of carbonyl (C=O) groups is 1. The van der Waals surface area contributed by atoms with E-state index in [1.54, 1.807) is 38.1 Å². The molecule has 1 unspecified atom stereocenters. The van der Waals surface area contributed by atoms with Crippen molar-refractivity contribution in [3.8, 4) is 0 Å². The minimum absolute atomic E-state index is 0.166. The summed E-state index contributed by atoms with van der Waals surface area (Å²) in [5.74, 6) is 0.662. The first-order chi connectivity index (χ1) is 21.0. The summed E-state index contributed by atoms with van der Waals surface area (Å²) in [4.78, 5) is 11.0. The smallest absolute Gasteiger partial charge is 0.353 e. The third-order valence-corrected chi connectivity index (χ3v) is 7.25. The number of rotatable bonds is 11. The summed E-state index contributed by atoms with van der Waals surface area (Å²) in [6, 6.07) is 22.3. The molecule has 4 nitrogen and oxygen atoms in total. The summed E-state index contributed by atoms with van der Waals surface area (Å²) < 4.78 is 51.9. The van der Waals surface area contributed by atoms with Gasteiger partial charge in [-0.1, -0.05) is 94.3 Å². The van der Waals surface area contributed by atoms with Gasteiger partial charge in [0.05, 0.1) is 16.8 Å². The number of nitrogens with two attached hydrogens (primary N) is 2. The highest BCUT2D eigenvalue weighted by Crippen LogP contribution is 2.40. The SMILES string of the molecule is CC.CC/C=C(/C=C(/C=O)Nc1cccc(CN)c1)C(F)(F)F.Cc1cc(C(N)(CCC2CC2)c2ccccc2)ccc1F. The fourth-order valence-corrected chi connectivity index (χ4v) is 4.64. The Kier molecular flexibility index (Phi) is 14.5. The number of anilines is 1. The Hall–Kier alpha value is -3.75. The van der Waals surface area contributed by atoms with Gasteiger partial charge >= 0.3 is 6.18 Å². The van der Waals surface area contributed by atoms with Crippen molar-refractivity contribution < 1.29 is 22.4 Å². The highest BCUT2D eigenvalue weighted by atomic mass is 19.4. The van der Waals surface area contributed by atoms with Crippen molar-refractivity contribution in [3.05, 3.63) is 124 Å². The second-order valence-electron chi connectivity index (χ2n) is 10.6. The molecule has 8 heteroatoms. The van der Waals surface area contributed by atoms with E-state index in [1.807, 2.05) is 44.2 Å². The largest absolute Gasteiger partial charge is 0.416 e. The first kappa shape index (κ1) is 36.4. The van der Waals surface area contributed by atoms with Crippen molar-refractivity contribution in [1.29, 1.82) is 0 Å². The minimum Gasteiger partial charge on any atom is -0.353 e. The number of aryl methyl sites for hydroxylation is 1. The zero-order valence-electron chi connectivity index (χ0n) is 26.1. The van der Waals surface area contributed by atoms with Crippen molar-refractivity contribution in [2.75, 3.05) is 5.32 Å². The monoisotopic (exact) mass is 611 g/mol. The van der Waals surface area contributed by atoms with Gasteiger partial charge in [-0.15, -0.1) is 0 Å². The lowest BCUT2D eigenvalue weighted by molar-refractivity contribution is -0.104. The molecular weight excluding hydrogens is 566 g/mol. The van der Waals surface area contributed by atoms with E-state index >= 15 is 0 Å². The Morgan fingerprint density at radius 2 is 1.66 bits per heavy atom. The number of benzene rings is 3. The predicted octanol–water partition coefficient (Wildman–Crippen LogP) is 9.09. The van der Waals surface area contributed by atoms with Crippen LogP contribution in [0.25, 0.3) is 0 Å². The highest BCUT2D eigenvalue weighted by molar-refractivity contribution is 5.80. The molecule has 1 aliphatic rings. The van der Waals surface area contributed by atoms with Gasteiger partial charge in [0.15, 0.2) is 6.29 Å². The van der Waals surface area contributed by atoms with E-state index in [-0.39, 0.29) is 17.9 Å². The molecular formula is C36H45F4N3O. The Morgan fingerprint density at radius 1 is 0.977 bits per heavy atom. The molecule has 0 saturated heterocycles. The topological polar surface area (TPSA) is 81.1 Å². The number of nitrogens with one attached hydrogen (secondary N) is 1.